The average Bonchev–Trinajstić information content (AvgIpc) is 2.94. The molecule has 0 spiro atoms. The summed E-state index contributed by atoms with van der Waals surface area (Å²) in [5.41, 5.74) is 1.91. The third-order valence-electron chi connectivity index (χ3n) is 6.65. The third kappa shape index (κ3) is 7.63. The van der Waals surface area contributed by atoms with Gasteiger partial charge in [0.15, 0.2) is 0 Å². The molecule has 0 aliphatic carbocycles. The number of carbonyl (C=O) groups is 2. The van der Waals surface area contributed by atoms with Gasteiger partial charge in [-0.05, 0) is 69.2 Å². The zero-order valence-electron chi connectivity index (χ0n) is 23.4. The molecule has 10 heteroatoms. The summed E-state index contributed by atoms with van der Waals surface area (Å²) in [5, 5.41) is 2.93. The molecule has 3 aromatic rings. The summed E-state index contributed by atoms with van der Waals surface area (Å²) in [6.45, 7) is 6.94. The molecular formula is C30H36BrN3O5S. The van der Waals surface area contributed by atoms with Gasteiger partial charge in [0.25, 0.3) is 10.0 Å². The molecule has 0 unspecified atom stereocenters. The van der Waals surface area contributed by atoms with Crippen molar-refractivity contribution in [3.8, 4) is 5.75 Å². The Hall–Kier alpha value is -3.37. The van der Waals surface area contributed by atoms with Gasteiger partial charge in [-0.1, -0.05) is 64.8 Å². The van der Waals surface area contributed by atoms with Crippen molar-refractivity contribution in [3.63, 3.8) is 0 Å². The van der Waals surface area contributed by atoms with Gasteiger partial charge in [-0.15, -0.1) is 0 Å². The third-order valence-corrected chi connectivity index (χ3v) is 8.92. The van der Waals surface area contributed by atoms with Gasteiger partial charge in [0, 0.05) is 17.1 Å². The number of nitrogens with zero attached hydrogens (tertiary/aromatic N) is 2. The lowest BCUT2D eigenvalue weighted by Crippen LogP contribution is -2.52. The fourth-order valence-electron chi connectivity index (χ4n) is 4.07. The largest absolute Gasteiger partial charge is 0.495 e. The Morgan fingerprint density at radius 2 is 1.68 bits per heavy atom. The highest BCUT2D eigenvalue weighted by Gasteiger charge is 2.34. The number of hydrogen-bond acceptors (Lipinski definition) is 5. The standard InChI is InChI=1S/C30H36BrN3O5S/c1-6-22(3)32-30(36)23(4)33(19-24-10-9-11-25(31)18-24)29(35)20-34(27-12-7-8-13-28(27)39-5)40(37,38)26-16-14-21(2)15-17-26/h7-18,22-23H,6,19-20H2,1-5H3,(H,32,36)/t22-,23-/m1/s1. The zero-order valence-corrected chi connectivity index (χ0v) is 25.8. The Morgan fingerprint density at radius 1 is 1.00 bits per heavy atom. The molecule has 2 amide bonds. The lowest BCUT2D eigenvalue weighted by Gasteiger charge is -2.32. The van der Waals surface area contributed by atoms with E-state index in [9.17, 15) is 18.0 Å². The second-order valence-corrected chi connectivity index (χ2v) is 12.4. The van der Waals surface area contributed by atoms with E-state index in [1.807, 2.05) is 45.0 Å². The highest BCUT2D eigenvalue weighted by molar-refractivity contribution is 9.10. The molecule has 40 heavy (non-hydrogen) atoms. The van der Waals surface area contributed by atoms with Crippen LogP contribution in [0.1, 0.15) is 38.3 Å². The van der Waals surface area contributed by atoms with Crippen molar-refractivity contribution in [1.82, 2.24) is 10.2 Å². The van der Waals surface area contributed by atoms with Gasteiger partial charge >= 0.3 is 0 Å². The van der Waals surface area contributed by atoms with E-state index < -0.39 is 28.5 Å². The number of rotatable bonds is 12. The van der Waals surface area contributed by atoms with Crippen LogP contribution in [0.5, 0.6) is 5.75 Å². The summed E-state index contributed by atoms with van der Waals surface area (Å²) in [5.74, 6) is -0.552. The van der Waals surface area contributed by atoms with E-state index in [0.29, 0.717) is 5.75 Å². The monoisotopic (exact) mass is 629 g/mol. The van der Waals surface area contributed by atoms with E-state index in [0.717, 1.165) is 26.3 Å². The molecule has 0 fully saturated rings. The Balaban J connectivity index is 2.06. The number of nitrogens with one attached hydrogen (secondary N) is 1. The fourth-order valence-corrected chi connectivity index (χ4v) is 5.94. The number of hydrogen-bond donors (Lipinski definition) is 1. The highest BCUT2D eigenvalue weighted by Crippen LogP contribution is 2.32. The lowest BCUT2D eigenvalue weighted by atomic mass is 10.1. The van der Waals surface area contributed by atoms with Crippen LogP contribution in [0.15, 0.2) is 82.2 Å². The highest BCUT2D eigenvalue weighted by atomic mass is 79.9. The summed E-state index contributed by atoms with van der Waals surface area (Å²) < 4.78 is 35.3. The second-order valence-electron chi connectivity index (χ2n) is 9.64. The number of carbonyl (C=O) groups excluding carboxylic acids is 2. The maximum Gasteiger partial charge on any atom is 0.264 e. The minimum absolute atomic E-state index is 0.0397. The molecule has 0 aliphatic rings. The summed E-state index contributed by atoms with van der Waals surface area (Å²) in [6, 6.07) is 19.6. The van der Waals surface area contributed by atoms with Crippen LogP contribution < -0.4 is 14.4 Å². The van der Waals surface area contributed by atoms with Crippen LogP contribution in [0.4, 0.5) is 5.69 Å². The summed E-state index contributed by atoms with van der Waals surface area (Å²) in [7, 11) is -2.74. The molecule has 0 aliphatic heterocycles. The van der Waals surface area contributed by atoms with E-state index in [2.05, 4.69) is 21.2 Å². The van der Waals surface area contributed by atoms with Crippen LogP contribution in [0.2, 0.25) is 0 Å². The maximum atomic E-state index is 14.0. The molecule has 0 heterocycles. The molecule has 214 valence electrons. The van der Waals surface area contributed by atoms with Crippen molar-refractivity contribution in [1.29, 1.82) is 0 Å². The van der Waals surface area contributed by atoms with Crippen molar-refractivity contribution in [2.45, 2.75) is 57.6 Å². The Bertz CT molecular complexity index is 1430. The Labute approximate surface area is 245 Å². The number of amides is 2. The quantitative estimate of drug-likeness (QED) is 0.294. The molecule has 0 bridgehead atoms. The van der Waals surface area contributed by atoms with Gasteiger partial charge in [0.05, 0.1) is 17.7 Å². The van der Waals surface area contributed by atoms with Gasteiger partial charge in [-0.2, -0.15) is 0 Å². The Morgan fingerprint density at radius 3 is 2.30 bits per heavy atom. The van der Waals surface area contributed by atoms with Crippen molar-refractivity contribution in [2.75, 3.05) is 18.0 Å². The van der Waals surface area contributed by atoms with Crippen molar-refractivity contribution in [2.24, 2.45) is 0 Å². The number of halogens is 1. The molecule has 3 rings (SSSR count). The first-order valence-electron chi connectivity index (χ1n) is 13.0. The normalized spacial score (nSPS) is 12.8. The van der Waals surface area contributed by atoms with Crippen LogP contribution in [-0.4, -0.2) is 50.9 Å². The molecule has 0 saturated carbocycles. The van der Waals surface area contributed by atoms with E-state index in [1.165, 1.54) is 24.1 Å². The SMILES string of the molecule is CC[C@@H](C)NC(=O)[C@@H](C)N(Cc1cccc(Br)c1)C(=O)CN(c1ccccc1OC)S(=O)(=O)c1ccc(C)cc1. The van der Waals surface area contributed by atoms with E-state index in [-0.39, 0.29) is 29.1 Å². The first-order chi connectivity index (χ1) is 19.0. The van der Waals surface area contributed by atoms with Gasteiger partial charge < -0.3 is 15.0 Å². The van der Waals surface area contributed by atoms with Gasteiger partial charge in [-0.3, -0.25) is 13.9 Å². The average molecular weight is 631 g/mol. The lowest BCUT2D eigenvalue weighted by molar-refractivity contribution is -0.139. The molecule has 3 aromatic carbocycles. The first-order valence-corrected chi connectivity index (χ1v) is 15.3. The van der Waals surface area contributed by atoms with Crippen molar-refractivity contribution >= 4 is 43.5 Å². The van der Waals surface area contributed by atoms with Crippen LogP contribution >= 0.6 is 15.9 Å². The topological polar surface area (TPSA) is 96.0 Å². The summed E-state index contributed by atoms with van der Waals surface area (Å²) in [6.07, 6.45) is 0.731. The smallest absolute Gasteiger partial charge is 0.264 e. The molecule has 8 nitrogen and oxygen atoms in total. The molecule has 2 atom stereocenters. The molecule has 1 N–H and O–H groups in total. The van der Waals surface area contributed by atoms with Gasteiger partial charge in [0.1, 0.15) is 18.3 Å². The van der Waals surface area contributed by atoms with E-state index in [1.54, 1.807) is 43.3 Å². The molecule has 0 aromatic heterocycles. The van der Waals surface area contributed by atoms with Gasteiger partial charge in [0.2, 0.25) is 11.8 Å². The minimum atomic E-state index is -4.18. The maximum absolute atomic E-state index is 14.0. The number of methoxy groups -OCH3 is 1. The van der Waals surface area contributed by atoms with E-state index >= 15 is 0 Å². The number of benzene rings is 3. The summed E-state index contributed by atoms with van der Waals surface area (Å²) in [4.78, 5) is 28.6. The molecular weight excluding hydrogens is 594 g/mol. The second kappa shape index (κ2) is 13.8. The predicted molar refractivity (Wildman–Crippen MR) is 161 cm³/mol. The van der Waals surface area contributed by atoms with Crippen LogP contribution in [0.25, 0.3) is 0 Å². The minimum Gasteiger partial charge on any atom is -0.495 e. The predicted octanol–water partition coefficient (Wildman–Crippen LogP) is 5.29. The van der Waals surface area contributed by atoms with E-state index in [4.69, 9.17) is 4.74 Å². The fraction of sp³-hybridized carbons (Fsp3) is 0.333. The number of aryl methyl sites for hydroxylation is 1. The van der Waals surface area contributed by atoms with Crippen LogP contribution in [0, 0.1) is 6.92 Å². The van der Waals surface area contributed by atoms with Crippen LogP contribution in [-0.2, 0) is 26.2 Å². The zero-order chi connectivity index (χ0) is 29.4. The Kier molecular flexibility index (Phi) is 10.8. The van der Waals surface area contributed by atoms with Crippen molar-refractivity contribution < 1.29 is 22.7 Å². The number of anilines is 1. The number of ether oxygens (including phenoxy) is 1. The van der Waals surface area contributed by atoms with Crippen molar-refractivity contribution in [3.05, 3.63) is 88.4 Å². The molecule has 0 saturated heterocycles. The first kappa shape index (κ1) is 31.2. The number of sulfonamides is 1. The number of para-hydroxylation sites is 2. The van der Waals surface area contributed by atoms with Gasteiger partial charge in [-0.25, -0.2) is 8.42 Å². The van der Waals surface area contributed by atoms with Crippen LogP contribution in [0.3, 0.4) is 0 Å². The molecule has 0 radical (unpaired) electrons. The summed E-state index contributed by atoms with van der Waals surface area (Å²) >= 11 is 3.46.